The molecule has 0 bridgehead atoms. The van der Waals surface area contributed by atoms with E-state index in [-0.39, 0.29) is 0 Å². The Kier molecular flexibility index (Phi) is 3.69. The lowest BCUT2D eigenvalue weighted by molar-refractivity contribution is -0.131. The second kappa shape index (κ2) is 5.26. The molecule has 19 heavy (non-hydrogen) atoms. The van der Waals surface area contributed by atoms with Crippen LogP contribution in [0.15, 0.2) is 24.3 Å². The molecule has 0 saturated carbocycles. The van der Waals surface area contributed by atoms with Gasteiger partial charge < -0.3 is 9.67 Å². The Morgan fingerprint density at radius 2 is 2.21 bits per heavy atom. The molecule has 0 fully saturated rings. The molecule has 1 N–H and O–H groups in total. The van der Waals surface area contributed by atoms with Crippen LogP contribution in [-0.4, -0.2) is 20.6 Å². The molecule has 0 aliphatic heterocycles. The molecule has 4 nitrogen and oxygen atoms in total. The quantitative estimate of drug-likeness (QED) is 0.856. The van der Waals surface area contributed by atoms with Crippen molar-refractivity contribution < 1.29 is 9.90 Å². The van der Waals surface area contributed by atoms with Gasteiger partial charge in [-0.25, -0.2) is 9.78 Å². The minimum atomic E-state index is -0.961. The van der Waals surface area contributed by atoms with Crippen LogP contribution in [0.1, 0.15) is 38.1 Å². The first-order valence-corrected chi connectivity index (χ1v) is 6.44. The third-order valence-corrected chi connectivity index (χ3v) is 3.16. The minimum Gasteiger partial charge on any atom is -0.478 e. The lowest BCUT2D eigenvalue weighted by Crippen LogP contribution is -1.97. The van der Waals surface area contributed by atoms with Crippen molar-refractivity contribution in [2.24, 2.45) is 0 Å². The maximum absolute atomic E-state index is 10.6. The summed E-state index contributed by atoms with van der Waals surface area (Å²) in [5.41, 5.74) is 3.19. The summed E-state index contributed by atoms with van der Waals surface area (Å²) in [6.45, 7) is 7.07. The van der Waals surface area contributed by atoms with Crippen molar-refractivity contribution in [2.75, 3.05) is 0 Å². The van der Waals surface area contributed by atoms with E-state index in [1.807, 2.05) is 11.5 Å². The van der Waals surface area contributed by atoms with Crippen molar-refractivity contribution in [2.45, 2.75) is 33.2 Å². The molecular weight excluding hydrogens is 240 g/mol. The van der Waals surface area contributed by atoms with Crippen LogP contribution in [0, 0.1) is 0 Å². The van der Waals surface area contributed by atoms with Gasteiger partial charge in [0, 0.05) is 12.6 Å². The number of benzene rings is 1. The van der Waals surface area contributed by atoms with E-state index in [2.05, 4.69) is 37.0 Å². The van der Waals surface area contributed by atoms with Crippen LogP contribution in [0.3, 0.4) is 0 Å². The van der Waals surface area contributed by atoms with Crippen LogP contribution in [0.25, 0.3) is 17.1 Å². The van der Waals surface area contributed by atoms with Gasteiger partial charge in [-0.15, -0.1) is 0 Å². The number of fused-ring (bicyclic) bond motifs is 1. The SMILES string of the molecule is CCn1c(/C=C/C(=O)O)nc2cc(C(C)C)ccc21. The fourth-order valence-corrected chi connectivity index (χ4v) is 2.13. The van der Waals surface area contributed by atoms with E-state index in [1.54, 1.807) is 6.08 Å². The Hall–Kier alpha value is -2.10. The van der Waals surface area contributed by atoms with Crippen molar-refractivity contribution >= 4 is 23.1 Å². The Balaban J connectivity index is 2.56. The number of hydrogen-bond acceptors (Lipinski definition) is 2. The van der Waals surface area contributed by atoms with E-state index < -0.39 is 5.97 Å². The lowest BCUT2D eigenvalue weighted by atomic mass is 10.0. The normalized spacial score (nSPS) is 11.8. The van der Waals surface area contributed by atoms with Gasteiger partial charge in [0.2, 0.25) is 0 Å². The largest absolute Gasteiger partial charge is 0.478 e. The molecule has 0 amide bonds. The van der Waals surface area contributed by atoms with Gasteiger partial charge in [-0.2, -0.15) is 0 Å². The number of carbonyl (C=O) groups is 1. The van der Waals surface area contributed by atoms with E-state index >= 15 is 0 Å². The molecule has 4 heteroatoms. The standard InChI is InChI=1S/C15H18N2O2/c1-4-17-13-6-5-11(10(2)3)9-12(13)16-14(17)7-8-15(18)19/h5-10H,4H2,1-3H3,(H,18,19)/b8-7+. The first-order chi connectivity index (χ1) is 9.02. The fraction of sp³-hybridized carbons (Fsp3) is 0.333. The number of hydrogen-bond donors (Lipinski definition) is 1. The van der Waals surface area contributed by atoms with Crippen molar-refractivity contribution in [1.29, 1.82) is 0 Å². The second-order valence-electron chi connectivity index (χ2n) is 4.79. The van der Waals surface area contributed by atoms with Gasteiger partial charge in [0.25, 0.3) is 0 Å². The highest BCUT2D eigenvalue weighted by atomic mass is 16.4. The number of carboxylic acid groups (broad SMARTS) is 1. The molecule has 0 aliphatic rings. The summed E-state index contributed by atoms with van der Waals surface area (Å²) in [5, 5.41) is 8.71. The maximum Gasteiger partial charge on any atom is 0.328 e. The van der Waals surface area contributed by atoms with Gasteiger partial charge in [-0.05, 0) is 36.6 Å². The van der Waals surface area contributed by atoms with Crippen molar-refractivity contribution in [3.8, 4) is 0 Å². The molecule has 2 rings (SSSR count). The maximum atomic E-state index is 10.6. The average molecular weight is 258 g/mol. The zero-order valence-corrected chi connectivity index (χ0v) is 11.4. The average Bonchev–Trinajstić information content (AvgIpc) is 2.72. The summed E-state index contributed by atoms with van der Waals surface area (Å²) in [7, 11) is 0. The van der Waals surface area contributed by atoms with Gasteiger partial charge in [-0.1, -0.05) is 19.9 Å². The molecule has 0 saturated heterocycles. The van der Waals surface area contributed by atoms with Crippen LogP contribution in [0.5, 0.6) is 0 Å². The molecule has 0 spiro atoms. The Bertz CT molecular complexity index is 639. The van der Waals surface area contributed by atoms with E-state index in [0.29, 0.717) is 11.7 Å². The molecule has 1 aromatic heterocycles. The molecule has 2 aromatic rings. The third kappa shape index (κ3) is 2.67. The monoisotopic (exact) mass is 258 g/mol. The lowest BCUT2D eigenvalue weighted by Gasteiger charge is -2.05. The zero-order valence-electron chi connectivity index (χ0n) is 11.4. The van der Waals surface area contributed by atoms with Gasteiger partial charge >= 0.3 is 5.97 Å². The molecular formula is C15H18N2O2. The van der Waals surface area contributed by atoms with Crippen molar-refractivity contribution in [3.05, 3.63) is 35.7 Å². The number of nitrogens with zero attached hydrogens (tertiary/aromatic N) is 2. The Morgan fingerprint density at radius 1 is 1.47 bits per heavy atom. The smallest absolute Gasteiger partial charge is 0.328 e. The summed E-state index contributed by atoms with van der Waals surface area (Å²) in [6.07, 6.45) is 2.66. The number of aromatic nitrogens is 2. The van der Waals surface area contributed by atoms with Crippen molar-refractivity contribution in [3.63, 3.8) is 0 Å². The van der Waals surface area contributed by atoms with Crippen LogP contribution in [0.4, 0.5) is 0 Å². The second-order valence-corrected chi connectivity index (χ2v) is 4.79. The number of aliphatic carboxylic acids is 1. The molecule has 1 heterocycles. The molecule has 0 atom stereocenters. The number of rotatable bonds is 4. The summed E-state index contributed by atoms with van der Waals surface area (Å²) >= 11 is 0. The number of aryl methyl sites for hydroxylation is 1. The summed E-state index contributed by atoms with van der Waals surface area (Å²) < 4.78 is 2.01. The van der Waals surface area contributed by atoms with Gasteiger partial charge in [0.15, 0.2) is 0 Å². The summed E-state index contributed by atoms with van der Waals surface area (Å²) in [6, 6.07) is 6.23. The third-order valence-electron chi connectivity index (χ3n) is 3.16. The Morgan fingerprint density at radius 3 is 2.79 bits per heavy atom. The molecule has 0 radical (unpaired) electrons. The van der Waals surface area contributed by atoms with E-state index in [9.17, 15) is 4.79 Å². The van der Waals surface area contributed by atoms with Crippen molar-refractivity contribution in [1.82, 2.24) is 9.55 Å². The summed E-state index contributed by atoms with van der Waals surface area (Å²) in [5.74, 6) is 0.174. The first kappa shape index (κ1) is 13.3. The van der Waals surface area contributed by atoms with Gasteiger partial charge in [-0.3, -0.25) is 0 Å². The minimum absolute atomic E-state index is 0.453. The van der Waals surface area contributed by atoms with Gasteiger partial charge in [0.1, 0.15) is 5.82 Å². The van der Waals surface area contributed by atoms with E-state index in [4.69, 9.17) is 5.11 Å². The van der Waals surface area contributed by atoms with Crippen LogP contribution in [-0.2, 0) is 11.3 Å². The van der Waals surface area contributed by atoms with Crippen LogP contribution < -0.4 is 0 Å². The highest BCUT2D eigenvalue weighted by molar-refractivity contribution is 5.86. The van der Waals surface area contributed by atoms with E-state index in [0.717, 1.165) is 23.7 Å². The van der Waals surface area contributed by atoms with Crippen LogP contribution in [0.2, 0.25) is 0 Å². The molecule has 100 valence electrons. The first-order valence-electron chi connectivity index (χ1n) is 6.44. The summed E-state index contributed by atoms with van der Waals surface area (Å²) in [4.78, 5) is 15.1. The van der Waals surface area contributed by atoms with E-state index in [1.165, 1.54) is 5.56 Å². The number of carboxylic acids is 1. The predicted octanol–water partition coefficient (Wildman–Crippen LogP) is 3.28. The molecule has 0 unspecified atom stereocenters. The topological polar surface area (TPSA) is 55.1 Å². The Labute approximate surface area is 112 Å². The van der Waals surface area contributed by atoms with Gasteiger partial charge in [0.05, 0.1) is 11.0 Å². The highest BCUT2D eigenvalue weighted by Crippen LogP contribution is 2.22. The fourth-order valence-electron chi connectivity index (χ4n) is 2.13. The number of imidazole rings is 1. The highest BCUT2D eigenvalue weighted by Gasteiger charge is 2.09. The van der Waals surface area contributed by atoms with Crippen LogP contribution >= 0.6 is 0 Å². The molecule has 0 aliphatic carbocycles. The predicted molar refractivity (Wildman–Crippen MR) is 76.2 cm³/mol. The zero-order chi connectivity index (χ0) is 14.0. The molecule has 1 aromatic carbocycles.